The molecule has 0 spiro atoms. The van der Waals surface area contributed by atoms with Crippen molar-refractivity contribution >= 4 is 5.97 Å². The second kappa shape index (κ2) is 5.06. The van der Waals surface area contributed by atoms with Crippen LogP contribution in [0.15, 0.2) is 6.20 Å². The Kier molecular flexibility index (Phi) is 4.01. The number of alkyl halides is 6. The normalized spacial score (nSPS) is 12.2. The van der Waals surface area contributed by atoms with E-state index in [1.165, 1.54) is 0 Å². The maximum absolute atomic E-state index is 12.8. The Balaban J connectivity index is 3.58. The quantitative estimate of drug-likeness (QED) is 0.671. The van der Waals surface area contributed by atoms with Crippen LogP contribution in [0.3, 0.4) is 0 Å². The summed E-state index contributed by atoms with van der Waals surface area (Å²) >= 11 is 0. The Hall–Kier alpha value is -2.20. The summed E-state index contributed by atoms with van der Waals surface area (Å²) < 4.78 is 81.4. The third kappa shape index (κ3) is 3.42. The lowest BCUT2D eigenvalue weighted by atomic mass is 10.1. The van der Waals surface area contributed by atoms with Crippen molar-refractivity contribution in [3.63, 3.8) is 0 Å². The van der Waals surface area contributed by atoms with Gasteiger partial charge in [-0.3, -0.25) is 0 Å². The number of aromatic nitrogens is 1. The monoisotopic (exact) mass is 305 g/mol. The van der Waals surface area contributed by atoms with Gasteiger partial charge in [0.25, 0.3) is 0 Å². The van der Waals surface area contributed by atoms with Crippen molar-refractivity contribution in [3.05, 3.63) is 17.3 Å². The molecule has 1 aromatic heterocycles. The third-order valence-corrected chi connectivity index (χ3v) is 1.91. The molecule has 0 saturated heterocycles. The van der Waals surface area contributed by atoms with Crippen LogP contribution in [-0.2, 0) is 10.9 Å². The molecule has 5 nitrogen and oxygen atoms in total. The van der Waals surface area contributed by atoms with Gasteiger partial charge in [-0.2, -0.15) is 13.2 Å². The topological polar surface area (TPSA) is 68.7 Å². The summed E-state index contributed by atoms with van der Waals surface area (Å²) in [5, 5.41) is 9.18. The van der Waals surface area contributed by atoms with E-state index in [9.17, 15) is 36.2 Å². The number of ether oxygens (including phenoxy) is 2. The molecule has 0 unspecified atom stereocenters. The summed E-state index contributed by atoms with van der Waals surface area (Å²) in [4.78, 5) is 13.9. The number of hydrogen-bond donors (Lipinski definition) is 1. The summed E-state index contributed by atoms with van der Waals surface area (Å²) in [7, 11) is 0.687. The van der Waals surface area contributed by atoms with Crippen molar-refractivity contribution in [2.75, 3.05) is 7.11 Å². The molecule has 0 aliphatic carbocycles. The zero-order chi connectivity index (χ0) is 15.7. The molecule has 0 aromatic carbocycles. The van der Waals surface area contributed by atoms with Gasteiger partial charge in [0, 0.05) is 0 Å². The fourth-order valence-corrected chi connectivity index (χ4v) is 1.24. The van der Waals surface area contributed by atoms with E-state index in [0.717, 1.165) is 0 Å². The van der Waals surface area contributed by atoms with E-state index in [-0.39, 0.29) is 6.20 Å². The zero-order valence-corrected chi connectivity index (χ0v) is 9.46. The average molecular weight is 305 g/mol. The molecule has 0 amide bonds. The van der Waals surface area contributed by atoms with Crippen LogP contribution in [0.5, 0.6) is 11.6 Å². The average Bonchev–Trinajstić information content (AvgIpc) is 2.26. The van der Waals surface area contributed by atoms with Gasteiger partial charge in [0.2, 0.25) is 5.88 Å². The van der Waals surface area contributed by atoms with Gasteiger partial charge >= 0.3 is 18.5 Å². The van der Waals surface area contributed by atoms with Gasteiger partial charge in [-0.1, -0.05) is 0 Å². The predicted molar refractivity (Wildman–Crippen MR) is 48.9 cm³/mol. The number of pyridine rings is 1. The maximum atomic E-state index is 12.8. The molecule has 112 valence electrons. The van der Waals surface area contributed by atoms with Gasteiger partial charge in [0.15, 0.2) is 0 Å². The fraction of sp³-hybridized carbons (Fsp3) is 0.333. The summed E-state index contributed by atoms with van der Waals surface area (Å²) in [6.45, 7) is 0. The maximum Gasteiger partial charge on any atom is 0.574 e. The van der Waals surface area contributed by atoms with Crippen molar-refractivity contribution in [1.82, 2.24) is 4.98 Å². The van der Waals surface area contributed by atoms with Crippen LogP contribution in [0.4, 0.5) is 26.3 Å². The van der Waals surface area contributed by atoms with Crippen molar-refractivity contribution in [2.24, 2.45) is 0 Å². The van der Waals surface area contributed by atoms with Crippen LogP contribution in [0.25, 0.3) is 0 Å². The highest BCUT2D eigenvalue weighted by atomic mass is 19.4. The number of rotatable bonds is 2. The van der Waals surface area contributed by atoms with E-state index < -0.39 is 41.3 Å². The van der Waals surface area contributed by atoms with Crippen LogP contribution in [-0.4, -0.2) is 29.5 Å². The molecular formula is C9H5F6NO4. The van der Waals surface area contributed by atoms with Crippen molar-refractivity contribution in [2.45, 2.75) is 12.5 Å². The summed E-state index contributed by atoms with van der Waals surface area (Å²) in [6.07, 6.45) is -10.7. The third-order valence-electron chi connectivity index (χ3n) is 1.91. The largest absolute Gasteiger partial charge is 0.574 e. The molecule has 1 heterocycles. The Labute approximate surface area is 106 Å². The van der Waals surface area contributed by atoms with E-state index in [1.807, 2.05) is 0 Å². The second-order valence-electron chi connectivity index (χ2n) is 3.24. The number of nitrogens with zero attached hydrogens (tertiary/aromatic N) is 1. The first kappa shape index (κ1) is 15.9. The van der Waals surface area contributed by atoms with E-state index in [2.05, 4.69) is 14.5 Å². The van der Waals surface area contributed by atoms with Crippen molar-refractivity contribution in [1.29, 1.82) is 0 Å². The molecule has 1 rings (SSSR count). The molecule has 0 atom stereocenters. The number of methoxy groups -OCH3 is 1. The van der Waals surface area contributed by atoms with E-state index in [4.69, 9.17) is 0 Å². The van der Waals surface area contributed by atoms with Crippen molar-refractivity contribution in [3.8, 4) is 11.6 Å². The standard InChI is InChI=1S/C9H5F6NO4/c1-19-7(18)4-3(17)2-16-6(20-9(13,14)15)5(4)8(10,11)12/h2,17H,1H3. The molecule has 1 N–H and O–H groups in total. The van der Waals surface area contributed by atoms with Crippen LogP contribution < -0.4 is 4.74 Å². The molecule has 0 fully saturated rings. The molecule has 0 radical (unpaired) electrons. The molecule has 0 aliphatic heterocycles. The second-order valence-corrected chi connectivity index (χ2v) is 3.24. The smallest absolute Gasteiger partial charge is 0.505 e. The van der Waals surface area contributed by atoms with Gasteiger partial charge in [-0.25, -0.2) is 9.78 Å². The van der Waals surface area contributed by atoms with Gasteiger partial charge in [-0.15, -0.1) is 13.2 Å². The Morgan fingerprint density at radius 3 is 2.20 bits per heavy atom. The van der Waals surface area contributed by atoms with Crippen LogP contribution in [0, 0.1) is 0 Å². The van der Waals surface area contributed by atoms with Crippen LogP contribution in [0.2, 0.25) is 0 Å². The first-order valence-electron chi connectivity index (χ1n) is 4.60. The van der Waals surface area contributed by atoms with E-state index in [1.54, 1.807) is 0 Å². The van der Waals surface area contributed by atoms with Gasteiger partial charge in [-0.05, 0) is 0 Å². The van der Waals surface area contributed by atoms with Gasteiger partial charge in [0.05, 0.1) is 13.3 Å². The summed E-state index contributed by atoms with van der Waals surface area (Å²) in [5.41, 5.74) is -3.70. The molecule has 1 aromatic rings. The number of aromatic hydroxyl groups is 1. The SMILES string of the molecule is COC(=O)c1c(O)cnc(OC(F)(F)F)c1C(F)(F)F. The minimum atomic E-state index is -5.46. The lowest BCUT2D eigenvalue weighted by molar-refractivity contribution is -0.278. The lowest BCUT2D eigenvalue weighted by Gasteiger charge is -2.17. The molecule has 0 bridgehead atoms. The lowest BCUT2D eigenvalue weighted by Crippen LogP contribution is -2.23. The Morgan fingerprint density at radius 2 is 1.80 bits per heavy atom. The molecule has 11 heteroatoms. The Morgan fingerprint density at radius 1 is 1.25 bits per heavy atom. The number of halogens is 6. The number of carbonyl (C=O) groups is 1. The highest BCUT2D eigenvalue weighted by Gasteiger charge is 2.45. The van der Waals surface area contributed by atoms with Crippen molar-refractivity contribution < 1.29 is 45.7 Å². The zero-order valence-electron chi connectivity index (χ0n) is 9.46. The highest BCUT2D eigenvalue weighted by Crippen LogP contribution is 2.42. The minimum Gasteiger partial charge on any atom is -0.505 e. The minimum absolute atomic E-state index is 0.211. The van der Waals surface area contributed by atoms with Gasteiger partial charge < -0.3 is 14.6 Å². The first-order valence-corrected chi connectivity index (χ1v) is 4.60. The highest BCUT2D eigenvalue weighted by molar-refractivity contribution is 5.94. The molecular weight excluding hydrogens is 300 g/mol. The summed E-state index contributed by atoms with van der Waals surface area (Å²) in [6, 6.07) is 0. The van der Waals surface area contributed by atoms with Crippen LogP contribution >= 0.6 is 0 Å². The Bertz CT molecular complexity index is 524. The molecule has 0 aliphatic rings. The number of carbonyl (C=O) groups excluding carboxylic acids is 1. The fourth-order valence-electron chi connectivity index (χ4n) is 1.24. The first-order chi connectivity index (χ1) is 8.97. The van der Waals surface area contributed by atoms with E-state index >= 15 is 0 Å². The molecule has 0 saturated carbocycles. The van der Waals surface area contributed by atoms with Gasteiger partial charge in [0.1, 0.15) is 16.9 Å². The summed E-state index contributed by atoms with van der Waals surface area (Å²) in [5.74, 6) is -4.90. The number of hydrogen-bond acceptors (Lipinski definition) is 5. The predicted octanol–water partition coefficient (Wildman–Crippen LogP) is 2.49. The molecule has 20 heavy (non-hydrogen) atoms. The number of esters is 1. The van der Waals surface area contributed by atoms with E-state index in [0.29, 0.717) is 7.11 Å². The van der Waals surface area contributed by atoms with Crippen LogP contribution in [0.1, 0.15) is 15.9 Å².